The van der Waals surface area contributed by atoms with Crippen molar-refractivity contribution in [3.05, 3.63) is 11.1 Å². The monoisotopic (exact) mass is 299 g/mol. The first kappa shape index (κ1) is 12.9. The molecule has 2 unspecified atom stereocenters. The molecule has 1 aliphatic heterocycles. The smallest absolute Gasteiger partial charge is 0.193 e. The van der Waals surface area contributed by atoms with Crippen LogP contribution >= 0.6 is 15.9 Å². The number of halogens is 1. The largest absolute Gasteiger partial charge is 0.352 e. The Morgan fingerprint density at radius 3 is 2.41 bits per heavy atom. The molecule has 1 saturated carbocycles. The third-order valence-electron chi connectivity index (χ3n) is 3.93. The van der Waals surface area contributed by atoms with Crippen LogP contribution in [0.5, 0.6) is 0 Å². The summed E-state index contributed by atoms with van der Waals surface area (Å²) in [7, 11) is 1.86. The van der Waals surface area contributed by atoms with Crippen molar-refractivity contribution in [2.45, 2.75) is 25.7 Å². The van der Waals surface area contributed by atoms with E-state index in [-0.39, 0.29) is 0 Å². The Labute approximate surface area is 112 Å². The molecule has 0 aromatic carbocycles. The SMILES string of the molecule is C=C(Br)CNC(=NC)N1CC2CCCCC2C1. The van der Waals surface area contributed by atoms with Crippen molar-refractivity contribution in [1.82, 2.24) is 10.2 Å². The summed E-state index contributed by atoms with van der Waals surface area (Å²) < 4.78 is 0.968. The van der Waals surface area contributed by atoms with Gasteiger partial charge in [-0.05, 0) is 24.7 Å². The van der Waals surface area contributed by atoms with Crippen LogP contribution in [0, 0.1) is 11.8 Å². The van der Waals surface area contributed by atoms with E-state index in [2.05, 4.69) is 37.7 Å². The van der Waals surface area contributed by atoms with Gasteiger partial charge in [-0.2, -0.15) is 0 Å². The van der Waals surface area contributed by atoms with Crippen molar-refractivity contribution in [1.29, 1.82) is 0 Å². The van der Waals surface area contributed by atoms with E-state index in [4.69, 9.17) is 0 Å². The Bertz CT molecular complexity index is 300. The lowest BCUT2D eigenvalue weighted by Crippen LogP contribution is -2.40. The summed E-state index contributed by atoms with van der Waals surface area (Å²) in [5.74, 6) is 2.82. The number of guanidine groups is 1. The first-order valence-electron chi connectivity index (χ1n) is 6.49. The Kier molecular flexibility index (Phi) is 4.48. The van der Waals surface area contributed by atoms with Crippen LogP contribution in [0.25, 0.3) is 0 Å². The van der Waals surface area contributed by atoms with Crippen molar-refractivity contribution in [2.75, 3.05) is 26.7 Å². The molecule has 1 aliphatic carbocycles. The standard InChI is InChI=1S/C13H22BrN3/c1-10(14)7-16-13(15-2)17-8-11-5-3-4-6-12(11)9-17/h11-12H,1,3-9H2,2H3,(H,15,16). The predicted molar refractivity (Wildman–Crippen MR) is 76.4 cm³/mol. The lowest BCUT2D eigenvalue weighted by atomic mass is 9.82. The molecule has 4 heteroatoms. The van der Waals surface area contributed by atoms with E-state index in [1.807, 2.05) is 7.05 Å². The van der Waals surface area contributed by atoms with Gasteiger partial charge in [-0.3, -0.25) is 4.99 Å². The molecule has 0 radical (unpaired) electrons. The number of nitrogens with one attached hydrogen (secondary N) is 1. The summed E-state index contributed by atoms with van der Waals surface area (Å²) >= 11 is 3.37. The quantitative estimate of drug-likeness (QED) is 0.627. The molecular weight excluding hydrogens is 278 g/mol. The van der Waals surface area contributed by atoms with Gasteiger partial charge in [0.1, 0.15) is 0 Å². The van der Waals surface area contributed by atoms with Gasteiger partial charge in [-0.1, -0.05) is 35.4 Å². The minimum Gasteiger partial charge on any atom is -0.352 e. The lowest BCUT2D eigenvalue weighted by Gasteiger charge is -2.22. The zero-order chi connectivity index (χ0) is 12.3. The number of likely N-dealkylation sites (tertiary alicyclic amines) is 1. The summed E-state index contributed by atoms with van der Waals surface area (Å²) in [6.45, 7) is 6.95. The van der Waals surface area contributed by atoms with E-state index >= 15 is 0 Å². The Morgan fingerprint density at radius 1 is 1.35 bits per heavy atom. The molecule has 2 fully saturated rings. The zero-order valence-corrected chi connectivity index (χ0v) is 12.2. The lowest BCUT2D eigenvalue weighted by molar-refractivity contribution is 0.299. The van der Waals surface area contributed by atoms with Crippen molar-refractivity contribution in [3.63, 3.8) is 0 Å². The normalized spacial score (nSPS) is 29.1. The number of aliphatic imine (C=N–C) groups is 1. The molecule has 0 bridgehead atoms. The van der Waals surface area contributed by atoms with Crippen LogP contribution in [0.2, 0.25) is 0 Å². The van der Waals surface area contributed by atoms with Gasteiger partial charge in [0.25, 0.3) is 0 Å². The summed E-state index contributed by atoms with van der Waals surface area (Å²) in [5.41, 5.74) is 0. The molecule has 2 aliphatic rings. The van der Waals surface area contributed by atoms with Crippen LogP contribution in [0.15, 0.2) is 16.1 Å². The molecule has 2 rings (SSSR count). The van der Waals surface area contributed by atoms with E-state index in [1.54, 1.807) is 0 Å². The second-order valence-corrected chi connectivity index (χ2v) is 6.25. The van der Waals surface area contributed by atoms with E-state index in [9.17, 15) is 0 Å². The zero-order valence-electron chi connectivity index (χ0n) is 10.6. The minimum absolute atomic E-state index is 0.749. The Balaban J connectivity index is 1.91. The number of nitrogens with zero attached hydrogens (tertiary/aromatic N) is 2. The average molecular weight is 300 g/mol. The molecule has 0 aromatic rings. The molecule has 0 aromatic heterocycles. The summed E-state index contributed by atoms with van der Waals surface area (Å²) in [6.07, 6.45) is 5.64. The Morgan fingerprint density at radius 2 is 1.94 bits per heavy atom. The third kappa shape index (κ3) is 3.24. The number of hydrogen-bond donors (Lipinski definition) is 1. The second-order valence-electron chi connectivity index (χ2n) is 5.13. The molecule has 3 nitrogen and oxygen atoms in total. The highest BCUT2D eigenvalue weighted by Crippen LogP contribution is 2.35. The van der Waals surface area contributed by atoms with Crippen molar-refractivity contribution >= 4 is 21.9 Å². The summed E-state index contributed by atoms with van der Waals surface area (Å²) in [4.78, 5) is 6.78. The maximum atomic E-state index is 4.37. The van der Waals surface area contributed by atoms with Crippen LogP contribution < -0.4 is 5.32 Å². The van der Waals surface area contributed by atoms with Gasteiger partial charge in [0.2, 0.25) is 0 Å². The maximum Gasteiger partial charge on any atom is 0.193 e. The van der Waals surface area contributed by atoms with Gasteiger partial charge in [0.15, 0.2) is 5.96 Å². The van der Waals surface area contributed by atoms with Gasteiger partial charge in [-0.15, -0.1) is 0 Å². The summed E-state index contributed by atoms with van der Waals surface area (Å²) in [5, 5.41) is 3.35. The first-order chi connectivity index (χ1) is 8.20. The highest BCUT2D eigenvalue weighted by molar-refractivity contribution is 9.11. The van der Waals surface area contributed by atoms with E-state index in [0.29, 0.717) is 0 Å². The molecule has 96 valence electrons. The van der Waals surface area contributed by atoms with Crippen LogP contribution in [-0.2, 0) is 0 Å². The van der Waals surface area contributed by atoms with Gasteiger partial charge in [0, 0.05) is 31.2 Å². The number of fused-ring (bicyclic) bond motifs is 1. The second kappa shape index (κ2) is 5.89. The molecular formula is C13H22BrN3. The van der Waals surface area contributed by atoms with Crippen LogP contribution in [0.4, 0.5) is 0 Å². The fourth-order valence-electron chi connectivity index (χ4n) is 3.09. The molecule has 0 amide bonds. The molecule has 1 saturated heterocycles. The van der Waals surface area contributed by atoms with Gasteiger partial charge in [0.05, 0.1) is 0 Å². The number of rotatable bonds is 2. The highest BCUT2D eigenvalue weighted by atomic mass is 79.9. The van der Waals surface area contributed by atoms with E-state index in [1.165, 1.54) is 38.8 Å². The first-order valence-corrected chi connectivity index (χ1v) is 7.29. The summed E-state index contributed by atoms with van der Waals surface area (Å²) in [6, 6.07) is 0. The van der Waals surface area contributed by atoms with Crippen molar-refractivity contribution in [2.24, 2.45) is 16.8 Å². The van der Waals surface area contributed by atoms with Gasteiger partial charge < -0.3 is 10.2 Å². The Hall–Kier alpha value is -0.510. The van der Waals surface area contributed by atoms with Gasteiger partial charge >= 0.3 is 0 Å². The van der Waals surface area contributed by atoms with E-state index < -0.39 is 0 Å². The van der Waals surface area contributed by atoms with Crippen molar-refractivity contribution in [3.8, 4) is 0 Å². The minimum atomic E-state index is 0.749. The molecule has 17 heavy (non-hydrogen) atoms. The molecule has 2 atom stereocenters. The molecule has 0 spiro atoms. The fourth-order valence-corrected chi connectivity index (χ4v) is 3.23. The van der Waals surface area contributed by atoms with Crippen LogP contribution in [0.1, 0.15) is 25.7 Å². The average Bonchev–Trinajstić information content (AvgIpc) is 2.72. The predicted octanol–water partition coefficient (Wildman–Crippen LogP) is 2.59. The van der Waals surface area contributed by atoms with Crippen LogP contribution in [0.3, 0.4) is 0 Å². The van der Waals surface area contributed by atoms with E-state index in [0.717, 1.165) is 28.8 Å². The topological polar surface area (TPSA) is 27.6 Å². The van der Waals surface area contributed by atoms with Crippen LogP contribution in [-0.4, -0.2) is 37.5 Å². The van der Waals surface area contributed by atoms with Gasteiger partial charge in [-0.25, -0.2) is 0 Å². The fraction of sp³-hybridized carbons (Fsp3) is 0.769. The molecule has 1 heterocycles. The third-order valence-corrected chi connectivity index (χ3v) is 4.21. The highest BCUT2D eigenvalue weighted by Gasteiger charge is 2.35. The maximum absolute atomic E-state index is 4.37. The number of hydrogen-bond acceptors (Lipinski definition) is 1. The molecule has 1 N–H and O–H groups in total. The van der Waals surface area contributed by atoms with Crippen molar-refractivity contribution < 1.29 is 0 Å².